The minimum atomic E-state index is -1.60. The van der Waals surface area contributed by atoms with Gasteiger partial charge in [-0.1, -0.05) is 28.4 Å². The van der Waals surface area contributed by atoms with Crippen LogP contribution in [-0.4, -0.2) is 32.5 Å². The Hall–Kier alpha value is -1.70. The van der Waals surface area contributed by atoms with Gasteiger partial charge in [0.15, 0.2) is 11.5 Å². The summed E-state index contributed by atoms with van der Waals surface area (Å²) in [6.45, 7) is 0. The smallest absolute Gasteiger partial charge is 0.358 e. The summed E-state index contributed by atoms with van der Waals surface area (Å²) < 4.78 is 17.1. The third-order valence-corrected chi connectivity index (χ3v) is 5.59. The molecule has 9 heteroatoms. The van der Waals surface area contributed by atoms with Gasteiger partial charge in [0, 0.05) is 17.7 Å². The summed E-state index contributed by atoms with van der Waals surface area (Å²) in [5.41, 5.74) is -0.547. The Bertz CT molecular complexity index is 888. The van der Waals surface area contributed by atoms with Crippen LogP contribution in [0.3, 0.4) is 0 Å². The number of carboxylic acid groups (broad SMARTS) is 1. The molecule has 1 aliphatic rings. The molecular weight excluding hydrogens is 377 g/mol. The van der Waals surface area contributed by atoms with E-state index in [0.717, 1.165) is 12.8 Å². The summed E-state index contributed by atoms with van der Waals surface area (Å²) in [4.78, 5) is 24.4. The number of carboxylic acids is 1. The molecule has 1 heterocycles. The van der Waals surface area contributed by atoms with Crippen LogP contribution in [0, 0.1) is 0 Å². The fraction of sp³-hybridized carbons (Fsp3) is 0.267. The highest BCUT2D eigenvalue weighted by Crippen LogP contribution is 2.43. The van der Waals surface area contributed by atoms with Gasteiger partial charge in [0.2, 0.25) is 5.69 Å². The minimum absolute atomic E-state index is 0.00431. The third kappa shape index (κ3) is 2.87. The molecule has 1 fully saturated rings. The van der Waals surface area contributed by atoms with Crippen molar-refractivity contribution in [3.05, 3.63) is 44.8 Å². The number of rotatable bonds is 5. The molecule has 6 nitrogen and oxygen atoms in total. The molecule has 1 saturated carbocycles. The molecule has 2 aromatic rings. The predicted octanol–water partition coefficient (Wildman–Crippen LogP) is 3.53. The lowest BCUT2D eigenvalue weighted by Crippen LogP contribution is -2.13. The van der Waals surface area contributed by atoms with Gasteiger partial charge in [-0.05, 0) is 25.0 Å². The molecule has 0 radical (unpaired) electrons. The summed E-state index contributed by atoms with van der Waals surface area (Å²) in [6, 6.07) is 2.78. The molecule has 3 rings (SSSR count). The van der Waals surface area contributed by atoms with Crippen molar-refractivity contribution in [3.63, 3.8) is 0 Å². The van der Waals surface area contributed by atoms with Gasteiger partial charge >= 0.3 is 5.97 Å². The van der Waals surface area contributed by atoms with Crippen LogP contribution in [0.25, 0.3) is 0 Å². The van der Waals surface area contributed by atoms with Crippen molar-refractivity contribution in [2.45, 2.75) is 23.7 Å². The fourth-order valence-electron chi connectivity index (χ4n) is 2.42. The molecule has 1 aromatic carbocycles. The van der Waals surface area contributed by atoms with Gasteiger partial charge in [0.1, 0.15) is 5.56 Å². The van der Waals surface area contributed by atoms with Crippen LogP contribution < -0.4 is 0 Å². The SMILES string of the molecule is CS(=O)c1c(C(=O)c2c(C(=O)O)noc2C2CC2)ccc(Cl)c1Cl. The van der Waals surface area contributed by atoms with E-state index >= 15 is 0 Å². The molecule has 1 aromatic heterocycles. The van der Waals surface area contributed by atoms with Gasteiger partial charge in [0.25, 0.3) is 0 Å². The van der Waals surface area contributed by atoms with Gasteiger partial charge < -0.3 is 9.63 Å². The number of nitrogens with zero attached hydrogens (tertiary/aromatic N) is 1. The van der Waals surface area contributed by atoms with E-state index in [0.29, 0.717) is 0 Å². The minimum Gasteiger partial charge on any atom is -0.476 e. The molecule has 1 unspecified atom stereocenters. The van der Waals surface area contributed by atoms with Gasteiger partial charge in [0.05, 0.1) is 25.7 Å². The maximum atomic E-state index is 13.0. The first-order valence-corrected chi connectivity index (χ1v) is 9.23. The summed E-state index contributed by atoms with van der Waals surface area (Å²) in [5.74, 6) is -1.79. The number of hydrogen-bond acceptors (Lipinski definition) is 5. The summed E-state index contributed by atoms with van der Waals surface area (Å²) in [5, 5.41) is 12.9. The molecule has 0 saturated heterocycles. The van der Waals surface area contributed by atoms with Crippen LogP contribution in [-0.2, 0) is 10.8 Å². The van der Waals surface area contributed by atoms with Gasteiger partial charge in [-0.2, -0.15) is 0 Å². The second-order valence-corrected chi connectivity index (χ2v) is 7.47. The number of carbonyl (C=O) groups is 2. The largest absolute Gasteiger partial charge is 0.476 e. The zero-order chi connectivity index (χ0) is 17.6. The Morgan fingerprint density at radius 3 is 2.54 bits per heavy atom. The van der Waals surface area contributed by atoms with Crippen molar-refractivity contribution in [2.75, 3.05) is 6.26 Å². The second-order valence-electron chi connectivity index (χ2n) is 5.37. The number of aromatic nitrogens is 1. The molecule has 1 N–H and O–H groups in total. The standard InChI is InChI=1S/C15H11Cl2NO5S/c1-24(22)14-7(4-5-8(16)10(14)17)12(19)9-11(15(20)21)18-23-13(9)6-2-3-6/h4-6H,2-3H2,1H3,(H,20,21). The van der Waals surface area contributed by atoms with Crippen molar-refractivity contribution >= 4 is 45.8 Å². The summed E-state index contributed by atoms with van der Waals surface area (Å²) in [6.07, 6.45) is 2.95. The Morgan fingerprint density at radius 1 is 1.33 bits per heavy atom. The van der Waals surface area contributed by atoms with Crippen molar-refractivity contribution in [1.82, 2.24) is 5.16 Å². The van der Waals surface area contributed by atoms with E-state index in [9.17, 15) is 18.9 Å². The normalized spacial score (nSPS) is 15.3. The zero-order valence-corrected chi connectivity index (χ0v) is 14.7. The Labute approximate surface area is 149 Å². The molecule has 0 aliphatic heterocycles. The molecule has 0 bridgehead atoms. The van der Waals surface area contributed by atoms with Crippen molar-refractivity contribution in [1.29, 1.82) is 0 Å². The number of halogens is 2. The molecule has 126 valence electrons. The molecule has 0 amide bonds. The molecule has 24 heavy (non-hydrogen) atoms. The number of aromatic carboxylic acids is 1. The van der Waals surface area contributed by atoms with E-state index < -0.39 is 28.2 Å². The highest BCUT2D eigenvalue weighted by Gasteiger charge is 2.38. The number of hydrogen-bond donors (Lipinski definition) is 1. The van der Waals surface area contributed by atoms with E-state index in [2.05, 4.69) is 5.16 Å². The third-order valence-electron chi connectivity index (χ3n) is 3.68. The maximum Gasteiger partial charge on any atom is 0.358 e. The predicted molar refractivity (Wildman–Crippen MR) is 87.7 cm³/mol. The lowest BCUT2D eigenvalue weighted by molar-refractivity contribution is 0.0682. The lowest BCUT2D eigenvalue weighted by atomic mass is 9.99. The molecular formula is C15H11Cl2NO5S. The van der Waals surface area contributed by atoms with Gasteiger partial charge in [-0.3, -0.25) is 9.00 Å². The van der Waals surface area contributed by atoms with E-state index in [1.165, 1.54) is 18.4 Å². The van der Waals surface area contributed by atoms with E-state index in [4.69, 9.17) is 27.7 Å². The highest BCUT2D eigenvalue weighted by atomic mass is 35.5. The maximum absolute atomic E-state index is 13.0. The fourth-order valence-corrected chi connectivity index (χ4v) is 3.96. The van der Waals surface area contributed by atoms with Crippen LogP contribution in [0.2, 0.25) is 10.0 Å². The van der Waals surface area contributed by atoms with E-state index in [1.54, 1.807) is 0 Å². The zero-order valence-electron chi connectivity index (χ0n) is 12.3. The van der Waals surface area contributed by atoms with Gasteiger partial charge in [-0.25, -0.2) is 4.79 Å². The highest BCUT2D eigenvalue weighted by molar-refractivity contribution is 7.84. The van der Waals surface area contributed by atoms with Crippen LogP contribution in [0.4, 0.5) is 0 Å². The Morgan fingerprint density at radius 2 is 2.00 bits per heavy atom. The van der Waals surface area contributed by atoms with Crippen LogP contribution in [0.1, 0.15) is 50.9 Å². The Kier molecular flexibility index (Phi) is 4.50. The van der Waals surface area contributed by atoms with Crippen molar-refractivity contribution < 1.29 is 23.4 Å². The van der Waals surface area contributed by atoms with Crippen LogP contribution in [0.15, 0.2) is 21.6 Å². The first kappa shape index (κ1) is 17.1. The first-order chi connectivity index (χ1) is 11.3. The average molecular weight is 388 g/mol. The van der Waals surface area contributed by atoms with Gasteiger partial charge in [-0.15, -0.1) is 0 Å². The molecule has 0 spiro atoms. The molecule has 1 aliphatic carbocycles. The Balaban J connectivity index is 2.21. The quantitative estimate of drug-likeness (QED) is 0.787. The first-order valence-electron chi connectivity index (χ1n) is 6.92. The monoisotopic (exact) mass is 387 g/mol. The van der Waals surface area contributed by atoms with Crippen LogP contribution >= 0.6 is 23.2 Å². The lowest BCUT2D eigenvalue weighted by Gasteiger charge is -2.10. The summed E-state index contributed by atoms with van der Waals surface area (Å²) >= 11 is 12.0. The second kappa shape index (κ2) is 6.31. The number of benzene rings is 1. The number of carbonyl (C=O) groups excluding carboxylic acids is 1. The van der Waals surface area contributed by atoms with E-state index in [1.807, 2.05) is 0 Å². The van der Waals surface area contributed by atoms with E-state index in [-0.39, 0.29) is 37.7 Å². The molecule has 1 atom stereocenters. The average Bonchev–Trinajstić information content (AvgIpc) is 3.26. The topological polar surface area (TPSA) is 97.5 Å². The van der Waals surface area contributed by atoms with Crippen molar-refractivity contribution in [2.24, 2.45) is 0 Å². The van der Waals surface area contributed by atoms with Crippen LogP contribution in [0.5, 0.6) is 0 Å². The summed E-state index contributed by atoms with van der Waals surface area (Å²) in [7, 11) is -1.60. The van der Waals surface area contributed by atoms with Crippen molar-refractivity contribution in [3.8, 4) is 0 Å². The number of ketones is 1.